The molecule has 0 radical (unpaired) electrons. The molecule has 2 aromatic carbocycles. The number of para-hydroxylation sites is 1. The van der Waals surface area contributed by atoms with E-state index < -0.39 is 22.4 Å². The fraction of sp³-hybridized carbons (Fsp3) is 0. The summed E-state index contributed by atoms with van der Waals surface area (Å²) in [5.74, 6) is -2.57. The average molecular weight is 312 g/mol. The van der Waals surface area contributed by atoms with Gasteiger partial charge in [-0.1, -0.05) is 17.7 Å². The highest BCUT2D eigenvalue weighted by Gasteiger charge is 2.22. The molecule has 8 heteroatoms. The molecule has 108 valence electrons. The van der Waals surface area contributed by atoms with E-state index in [0.29, 0.717) is 0 Å². The highest BCUT2D eigenvalue weighted by molar-refractivity contribution is 6.32. The molecule has 0 atom stereocenters. The number of nitrogens with zero attached hydrogens (tertiary/aromatic N) is 1. The molecule has 6 nitrogen and oxygen atoms in total. The Morgan fingerprint density at radius 3 is 2.57 bits per heavy atom. The maximum Gasteiger partial charge on any atom is 0.346 e. The molecule has 0 aliphatic carbocycles. The van der Waals surface area contributed by atoms with Crippen molar-refractivity contribution in [2.75, 3.05) is 0 Å². The molecule has 0 aliphatic rings. The molecule has 0 fully saturated rings. The first kappa shape index (κ1) is 14.7. The number of halogens is 2. The van der Waals surface area contributed by atoms with E-state index in [9.17, 15) is 19.3 Å². The van der Waals surface area contributed by atoms with Crippen LogP contribution in [-0.2, 0) is 0 Å². The second kappa shape index (κ2) is 5.76. The summed E-state index contributed by atoms with van der Waals surface area (Å²) in [5.41, 5.74) is -0.892. The van der Waals surface area contributed by atoms with E-state index >= 15 is 0 Å². The monoisotopic (exact) mass is 311 g/mol. The summed E-state index contributed by atoms with van der Waals surface area (Å²) in [7, 11) is 0. The van der Waals surface area contributed by atoms with Crippen molar-refractivity contribution in [1.82, 2.24) is 0 Å². The molecule has 0 amide bonds. The first-order valence-electron chi connectivity index (χ1n) is 5.53. The Balaban J connectivity index is 2.42. The standard InChI is InChI=1S/C13H7ClFNO5/c14-8-6-7(13(17)18)4-5-10(8)21-11-3-1-2-9(15)12(11)16(19)20/h1-6H,(H,17,18). The van der Waals surface area contributed by atoms with Crippen LogP contribution in [0.5, 0.6) is 11.5 Å². The third-order valence-electron chi connectivity index (χ3n) is 2.53. The second-order valence-electron chi connectivity index (χ2n) is 3.90. The van der Waals surface area contributed by atoms with Crippen molar-refractivity contribution >= 4 is 23.3 Å². The Morgan fingerprint density at radius 2 is 2.00 bits per heavy atom. The molecule has 2 aromatic rings. The topological polar surface area (TPSA) is 89.7 Å². The zero-order chi connectivity index (χ0) is 15.6. The van der Waals surface area contributed by atoms with Gasteiger partial charge in [-0.3, -0.25) is 10.1 Å². The van der Waals surface area contributed by atoms with Gasteiger partial charge >= 0.3 is 11.7 Å². The van der Waals surface area contributed by atoms with E-state index in [1.165, 1.54) is 24.3 Å². The molecule has 0 saturated carbocycles. The molecule has 0 aromatic heterocycles. The summed E-state index contributed by atoms with van der Waals surface area (Å²) in [4.78, 5) is 20.7. The predicted molar refractivity (Wildman–Crippen MR) is 71.5 cm³/mol. The van der Waals surface area contributed by atoms with Crippen LogP contribution < -0.4 is 4.74 Å². The summed E-state index contributed by atoms with van der Waals surface area (Å²) in [6.45, 7) is 0. The molecular weight excluding hydrogens is 305 g/mol. The Morgan fingerprint density at radius 1 is 1.29 bits per heavy atom. The minimum absolute atomic E-state index is 0.0182. The van der Waals surface area contributed by atoms with Crippen molar-refractivity contribution in [2.45, 2.75) is 0 Å². The summed E-state index contributed by atoms with van der Waals surface area (Å²) in [6.07, 6.45) is 0. The highest BCUT2D eigenvalue weighted by Crippen LogP contribution is 2.36. The molecule has 0 bridgehead atoms. The number of nitro benzene ring substituents is 1. The lowest BCUT2D eigenvalue weighted by Crippen LogP contribution is -1.98. The number of hydrogen-bond acceptors (Lipinski definition) is 4. The van der Waals surface area contributed by atoms with Gasteiger partial charge in [-0.25, -0.2) is 4.79 Å². The lowest BCUT2D eigenvalue weighted by atomic mass is 10.2. The number of nitro groups is 1. The number of hydrogen-bond donors (Lipinski definition) is 1. The lowest BCUT2D eigenvalue weighted by molar-refractivity contribution is -0.388. The number of carboxylic acids is 1. The lowest BCUT2D eigenvalue weighted by Gasteiger charge is -2.08. The number of aromatic carboxylic acids is 1. The zero-order valence-corrected chi connectivity index (χ0v) is 11.0. The van der Waals surface area contributed by atoms with Gasteiger partial charge in [-0.15, -0.1) is 0 Å². The van der Waals surface area contributed by atoms with Crippen molar-refractivity contribution in [1.29, 1.82) is 0 Å². The summed E-state index contributed by atoms with van der Waals surface area (Å²) >= 11 is 5.84. The van der Waals surface area contributed by atoms with Gasteiger partial charge in [-0.2, -0.15) is 4.39 Å². The van der Waals surface area contributed by atoms with Crippen LogP contribution in [0.15, 0.2) is 36.4 Å². The summed E-state index contributed by atoms with van der Waals surface area (Å²) in [5, 5.41) is 19.6. The minimum Gasteiger partial charge on any atom is -0.478 e. The highest BCUT2D eigenvalue weighted by atomic mass is 35.5. The first-order valence-corrected chi connectivity index (χ1v) is 5.91. The fourth-order valence-corrected chi connectivity index (χ4v) is 1.81. The van der Waals surface area contributed by atoms with Crippen LogP contribution in [0.25, 0.3) is 0 Å². The van der Waals surface area contributed by atoms with Crippen LogP contribution in [0.4, 0.5) is 10.1 Å². The average Bonchev–Trinajstić information content (AvgIpc) is 2.40. The van der Waals surface area contributed by atoms with Gasteiger partial charge in [0.1, 0.15) is 5.75 Å². The Hall–Kier alpha value is -2.67. The number of rotatable bonds is 4. The molecule has 0 aliphatic heterocycles. The van der Waals surface area contributed by atoms with Crippen molar-refractivity contribution in [3.8, 4) is 11.5 Å². The van der Waals surface area contributed by atoms with Crippen LogP contribution in [0, 0.1) is 15.9 Å². The van der Waals surface area contributed by atoms with Crippen molar-refractivity contribution in [3.05, 3.63) is 62.9 Å². The number of carboxylic acid groups (broad SMARTS) is 1. The third-order valence-corrected chi connectivity index (χ3v) is 2.83. The Kier molecular flexibility index (Phi) is 4.04. The minimum atomic E-state index is -1.18. The maximum absolute atomic E-state index is 13.4. The van der Waals surface area contributed by atoms with Crippen molar-refractivity contribution < 1.29 is 24.0 Å². The van der Waals surface area contributed by atoms with Crippen molar-refractivity contribution in [3.63, 3.8) is 0 Å². The summed E-state index contributed by atoms with van der Waals surface area (Å²) in [6, 6.07) is 6.97. The van der Waals surface area contributed by atoms with E-state index in [4.69, 9.17) is 21.4 Å². The van der Waals surface area contributed by atoms with Gasteiger partial charge in [-0.05, 0) is 30.3 Å². The SMILES string of the molecule is O=C(O)c1ccc(Oc2cccc(F)c2[N+](=O)[O-])c(Cl)c1. The van der Waals surface area contributed by atoms with Gasteiger partial charge in [0.05, 0.1) is 15.5 Å². The first-order chi connectivity index (χ1) is 9.90. The van der Waals surface area contributed by atoms with E-state index in [-0.39, 0.29) is 22.1 Å². The smallest absolute Gasteiger partial charge is 0.346 e. The van der Waals surface area contributed by atoms with Crippen LogP contribution in [-0.4, -0.2) is 16.0 Å². The molecule has 21 heavy (non-hydrogen) atoms. The largest absolute Gasteiger partial charge is 0.478 e. The van der Waals surface area contributed by atoms with E-state index in [1.54, 1.807) is 0 Å². The fourth-order valence-electron chi connectivity index (χ4n) is 1.59. The van der Waals surface area contributed by atoms with Crippen LogP contribution >= 0.6 is 11.6 Å². The molecular formula is C13H7ClFNO5. The van der Waals surface area contributed by atoms with Gasteiger partial charge in [0.2, 0.25) is 11.6 Å². The summed E-state index contributed by atoms with van der Waals surface area (Å²) < 4.78 is 18.7. The van der Waals surface area contributed by atoms with Crippen molar-refractivity contribution in [2.24, 2.45) is 0 Å². The second-order valence-corrected chi connectivity index (χ2v) is 4.30. The molecule has 1 N–H and O–H groups in total. The Labute approximate surface area is 122 Å². The van der Waals surface area contributed by atoms with Gasteiger partial charge in [0, 0.05) is 0 Å². The molecule has 0 unspecified atom stereocenters. The molecule has 2 rings (SSSR count). The van der Waals surface area contributed by atoms with E-state index in [2.05, 4.69) is 0 Å². The maximum atomic E-state index is 13.4. The Bertz CT molecular complexity index is 734. The normalized spacial score (nSPS) is 10.2. The quantitative estimate of drug-likeness (QED) is 0.683. The van der Waals surface area contributed by atoms with Crippen LogP contribution in [0.1, 0.15) is 10.4 Å². The molecule has 0 heterocycles. The van der Waals surface area contributed by atoms with Crippen LogP contribution in [0.2, 0.25) is 5.02 Å². The van der Waals surface area contributed by atoms with Gasteiger partial charge < -0.3 is 9.84 Å². The van der Waals surface area contributed by atoms with Gasteiger partial charge in [0.15, 0.2) is 0 Å². The third kappa shape index (κ3) is 3.09. The number of carbonyl (C=O) groups is 1. The van der Waals surface area contributed by atoms with E-state index in [0.717, 1.165) is 12.1 Å². The number of ether oxygens (including phenoxy) is 1. The van der Waals surface area contributed by atoms with Gasteiger partial charge in [0.25, 0.3) is 0 Å². The predicted octanol–water partition coefficient (Wildman–Crippen LogP) is 3.88. The number of benzene rings is 2. The van der Waals surface area contributed by atoms with Crippen LogP contribution in [0.3, 0.4) is 0 Å². The molecule has 0 spiro atoms. The zero-order valence-electron chi connectivity index (χ0n) is 10.2. The molecule has 0 saturated heterocycles. The van der Waals surface area contributed by atoms with E-state index in [1.807, 2.05) is 0 Å².